The molecule has 2 N–H and O–H groups in total. The Morgan fingerprint density at radius 3 is 2.12 bits per heavy atom. The highest BCUT2D eigenvalue weighted by molar-refractivity contribution is 6.00. The van der Waals surface area contributed by atoms with Gasteiger partial charge < -0.3 is 20.1 Å². The first kappa shape index (κ1) is 17.7. The molecule has 2 aromatic rings. The maximum Gasteiger partial charge on any atom is 0.323 e. The van der Waals surface area contributed by atoms with Crippen LogP contribution in [0.2, 0.25) is 0 Å². The Bertz CT molecular complexity index is 704. The molecule has 0 saturated heterocycles. The Labute approximate surface area is 143 Å². The molecule has 0 aliphatic heterocycles. The maximum atomic E-state index is 12.2. The zero-order valence-corrected chi connectivity index (χ0v) is 14.8. The minimum atomic E-state index is -0.343. The van der Waals surface area contributed by atoms with E-state index in [1.54, 1.807) is 32.4 Å². The normalized spacial score (nSPS) is 10.9. The van der Waals surface area contributed by atoms with Gasteiger partial charge in [0, 0.05) is 11.8 Å². The van der Waals surface area contributed by atoms with E-state index in [1.165, 1.54) is 5.56 Å². The van der Waals surface area contributed by atoms with Crippen LogP contribution in [0.1, 0.15) is 26.3 Å². The van der Waals surface area contributed by atoms with Gasteiger partial charge in [-0.25, -0.2) is 4.79 Å². The smallest absolute Gasteiger partial charge is 0.323 e. The number of amides is 2. The van der Waals surface area contributed by atoms with Crippen molar-refractivity contribution in [3.8, 4) is 11.5 Å². The summed E-state index contributed by atoms with van der Waals surface area (Å²) in [6.07, 6.45) is 0. The van der Waals surface area contributed by atoms with Crippen molar-refractivity contribution in [2.24, 2.45) is 0 Å². The number of ether oxygens (including phenoxy) is 2. The van der Waals surface area contributed by atoms with Crippen LogP contribution in [0, 0.1) is 0 Å². The third-order valence-electron chi connectivity index (χ3n) is 3.66. The second-order valence-corrected chi connectivity index (χ2v) is 6.47. The van der Waals surface area contributed by atoms with E-state index < -0.39 is 0 Å². The Morgan fingerprint density at radius 2 is 1.58 bits per heavy atom. The first-order valence-electron chi connectivity index (χ1n) is 7.74. The highest BCUT2D eigenvalue weighted by Crippen LogP contribution is 2.29. The van der Waals surface area contributed by atoms with E-state index >= 15 is 0 Å². The molecule has 0 fully saturated rings. The number of urea groups is 1. The average molecular weight is 328 g/mol. The molecule has 5 nitrogen and oxygen atoms in total. The van der Waals surface area contributed by atoms with Crippen LogP contribution in [0.15, 0.2) is 42.5 Å². The van der Waals surface area contributed by atoms with Gasteiger partial charge in [0.05, 0.1) is 19.9 Å². The lowest BCUT2D eigenvalue weighted by atomic mass is 9.87. The fourth-order valence-electron chi connectivity index (χ4n) is 2.25. The summed E-state index contributed by atoms with van der Waals surface area (Å²) in [5.74, 6) is 1.20. The van der Waals surface area contributed by atoms with Gasteiger partial charge in [0.2, 0.25) is 0 Å². The molecule has 0 aromatic heterocycles. The van der Waals surface area contributed by atoms with Gasteiger partial charge in [-0.3, -0.25) is 0 Å². The van der Waals surface area contributed by atoms with Crippen LogP contribution in [-0.4, -0.2) is 20.3 Å². The van der Waals surface area contributed by atoms with Gasteiger partial charge in [0.1, 0.15) is 11.5 Å². The number of nitrogens with one attached hydrogen (secondary N) is 2. The van der Waals surface area contributed by atoms with Gasteiger partial charge in [-0.05, 0) is 35.2 Å². The largest absolute Gasteiger partial charge is 0.497 e. The van der Waals surface area contributed by atoms with Gasteiger partial charge in [-0.1, -0.05) is 32.9 Å². The van der Waals surface area contributed by atoms with Crippen LogP contribution in [0.5, 0.6) is 11.5 Å². The SMILES string of the molecule is COc1ccc(OC)c(NC(=O)Nc2ccc(C(C)(C)C)cc2)c1. The third kappa shape index (κ3) is 4.41. The van der Waals surface area contributed by atoms with Crippen LogP contribution >= 0.6 is 0 Å². The molecular weight excluding hydrogens is 304 g/mol. The van der Waals surface area contributed by atoms with Crippen molar-refractivity contribution in [1.29, 1.82) is 0 Å². The summed E-state index contributed by atoms with van der Waals surface area (Å²) in [7, 11) is 3.12. The molecular formula is C19H24N2O3. The highest BCUT2D eigenvalue weighted by Gasteiger charge is 2.13. The standard InChI is InChI=1S/C19H24N2O3/c1-19(2,3)13-6-8-14(9-7-13)20-18(22)21-16-12-15(23-4)10-11-17(16)24-5/h6-12H,1-5H3,(H2,20,21,22). The van der Waals surface area contributed by atoms with Crippen molar-refractivity contribution in [2.45, 2.75) is 26.2 Å². The number of hydrogen-bond donors (Lipinski definition) is 2. The number of anilines is 2. The topological polar surface area (TPSA) is 59.6 Å². The number of hydrogen-bond acceptors (Lipinski definition) is 3. The van der Waals surface area contributed by atoms with E-state index in [4.69, 9.17) is 9.47 Å². The summed E-state index contributed by atoms with van der Waals surface area (Å²) in [6, 6.07) is 12.7. The third-order valence-corrected chi connectivity index (χ3v) is 3.66. The number of methoxy groups -OCH3 is 2. The molecule has 2 aromatic carbocycles. The molecule has 0 aliphatic carbocycles. The van der Waals surface area contributed by atoms with E-state index in [-0.39, 0.29) is 11.4 Å². The van der Waals surface area contributed by atoms with Crippen LogP contribution in [0.25, 0.3) is 0 Å². The lowest BCUT2D eigenvalue weighted by Crippen LogP contribution is -2.20. The Kier molecular flexibility index (Phi) is 5.34. The fraction of sp³-hybridized carbons (Fsp3) is 0.316. The van der Waals surface area contributed by atoms with Gasteiger partial charge in [-0.2, -0.15) is 0 Å². The number of carbonyl (C=O) groups excluding carboxylic acids is 1. The van der Waals surface area contributed by atoms with Gasteiger partial charge in [-0.15, -0.1) is 0 Å². The van der Waals surface area contributed by atoms with Crippen LogP contribution in [0.4, 0.5) is 16.2 Å². The molecule has 0 spiro atoms. The van der Waals surface area contributed by atoms with E-state index in [9.17, 15) is 4.79 Å². The van der Waals surface area contributed by atoms with Gasteiger partial charge in [0.25, 0.3) is 0 Å². The highest BCUT2D eigenvalue weighted by atomic mass is 16.5. The Morgan fingerprint density at radius 1 is 0.917 bits per heavy atom. The van der Waals surface area contributed by atoms with Crippen molar-refractivity contribution >= 4 is 17.4 Å². The number of carbonyl (C=O) groups is 1. The van der Waals surface area contributed by atoms with E-state index in [2.05, 4.69) is 31.4 Å². The second kappa shape index (κ2) is 7.25. The molecule has 0 heterocycles. The molecule has 0 atom stereocenters. The molecule has 2 rings (SSSR count). The molecule has 0 saturated carbocycles. The minimum absolute atomic E-state index is 0.0781. The lowest BCUT2D eigenvalue weighted by molar-refractivity contribution is 0.262. The molecule has 0 unspecified atom stereocenters. The monoisotopic (exact) mass is 328 g/mol. The van der Waals surface area contributed by atoms with Crippen molar-refractivity contribution in [3.05, 3.63) is 48.0 Å². The van der Waals surface area contributed by atoms with Crippen LogP contribution in [-0.2, 0) is 5.41 Å². The number of benzene rings is 2. The Hall–Kier alpha value is -2.69. The molecule has 128 valence electrons. The first-order chi connectivity index (χ1) is 11.3. The second-order valence-electron chi connectivity index (χ2n) is 6.47. The molecule has 0 radical (unpaired) electrons. The average Bonchev–Trinajstić information content (AvgIpc) is 2.54. The zero-order chi connectivity index (χ0) is 17.7. The lowest BCUT2D eigenvalue weighted by Gasteiger charge is -2.19. The quantitative estimate of drug-likeness (QED) is 0.859. The minimum Gasteiger partial charge on any atom is -0.497 e. The maximum absolute atomic E-state index is 12.2. The van der Waals surface area contributed by atoms with Crippen molar-refractivity contribution in [1.82, 2.24) is 0 Å². The Balaban J connectivity index is 2.08. The van der Waals surface area contributed by atoms with Crippen LogP contribution in [0.3, 0.4) is 0 Å². The summed E-state index contributed by atoms with van der Waals surface area (Å²) < 4.78 is 10.4. The van der Waals surface area contributed by atoms with E-state index in [1.807, 2.05) is 24.3 Å². The van der Waals surface area contributed by atoms with Gasteiger partial charge >= 0.3 is 6.03 Å². The van der Waals surface area contributed by atoms with Crippen molar-refractivity contribution in [2.75, 3.05) is 24.9 Å². The van der Waals surface area contributed by atoms with Crippen LogP contribution < -0.4 is 20.1 Å². The number of rotatable bonds is 4. The predicted octanol–water partition coefficient (Wildman–Crippen LogP) is 4.65. The summed E-state index contributed by atoms with van der Waals surface area (Å²) in [6.45, 7) is 6.45. The van der Waals surface area contributed by atoms with E-state index in [0.717, 1.165) is 5.69 Å². The summed E-state index contributed by atoms with van der Waals surface area (Å²) in [5.41, 5.74) is 2.56. The summed E-state index contributed by atoms with van der Waals surface area (Å²) in [4.78, 5) is 12.2. The van der Waals surface area contributed by atoms with E-state index in [0.29, 0.717) is 17.2 Å². The molecule has 0 aliphatic rings. The molecule has 5 heteroatoms. The molecule has 24 heavy (non-hydrogen) atoms. The fourth-order valence-corrected chi connectivity index (χ4v) is 2.25. The van der Waals surface area contributed by atoms with Gasteiger partial charge in [0.15, 0.2) is 0 Å². The molecule has 2 amide bonds. The zero-order valence-electron chi connectivity index (χ0n) is 14.8. The summed E-state index contributed by atoms with van der Waals surface area (Å²) >= 11 is 0. The first-order valence-corrected chi connectivity index (χ1v) is 7.74. The van der Waals surface area contributed by atoms with Crippen molar-refractivity contribution < 1.29 is 14.3 Å². The summed E-state index contributed by atoms with van der Waals surface area (Å²) in [5, 5.41) is 5.59. The molecule has 0 bridgehead atoms. The van der Waals surface area contributed by atoms with Crippen molar-refractivity contribution in [3.63, 3.8) is 0 Å². The predicted molar refractivity (Wildman–Crippen MR) is 97.3 cm³/mol.